The van der Waals surface area contributed by atoms with Gasteiger partial charge < -0.3 is 10.1 Å². The highest BCUT2D eigenvalue weighted by molar-refractivity contribution is 6.46. The lowest BCUT2D eigenvalue weighted by Crippen LogP contribution is -2.32. The Morgan fingerprint density at radius 3 is 2.03 bits per heavy atom. The molecule has 4 rings (SSSR count). The Bertz CT molecular complexity index is 1180. The standard InChI is InChI=1S/C26H23ClN2O3/c1-16(2)17-4-10-20(11-5-17)28-24-23(18-6-14-22(32-3)15-7-18)25(30)29(26(24)31)21-12-8-19(27)9-13-21/h4-16,28H,1-3H3. The van der Waals surface area contributed by atoms with Crippen molar-refractivity contribution in [2.45, 2.75) is 19.8 Å². The van der Waals surface area contributed by atoms with Crippen LogP contribution in [-0.4, -0.2) is 18.9 Å². The van der Waals surface area contributed by atoms with E-state index in [1.807, 2.05) is 24.3 Å². The van der Waals surface area contributed by atoms with Gasteiger partial charge in [0, 0.05) is 10.7 Å². The number of ether oxygens (including phenoxy) is 1. The fraction of sp³-hybridized carbons (Fsp3) is 0.154. The van der Waals surface area contributed by atoms with Crippen LogP contribution in [0.1, 0.15) is 30.9 Å². The van der Waals surface area contributed by atoms with Crippen molar-refractivity contribution in [1.82, 2.24) is 0 Å². The van der Waals surface area contributed by atoms with Crippen molar-refractivity contribution in [2.24, 2.45) is 0 Å². The first-order chi connectivity index (χ1) is 15.4. The van der Waals surface area contributed by atoms with Gasteiger partial charge in [0.25, 0.3) is 11.8 Å². The first kappa shape index (κ1) is 21.7. The number of halogens is 1. The number of nitrogens with one attached hydrogen (secondary N) is 1. The summed E-state index contributed by atoms with van der Waals surface area (Å²) < 4.78 is 5.23. The van der Waals surface area contributed by atoms with Gasteiger partial charge in [-0.15, -0.1) is 0 Å². The predicted octanol–water partition coefficient (Wildman–Crippen LogP) is 5.87. The largest absolute Gasteiger partial charge is 0.497 e. The summed E-state index contributed by atoms with van der Waals surface area (Å²) in [6.07, 6.45) is 0. The van der Waals surface area contributed by atoms with Crippen molar-refractivity contribution >= 4 is 40.4 Å². The van der Waals surface area contributed by atoms with Gasteiger partial charge in [0.2, 0.25) is 0 Å². The van der Waals surface area contributed by atoms with E-state index in [-0.39, 0.29) is 5.70 Å². The maximum absolute atomic E-state index is 13.4. The Hall–Kier alpha value is -3.57. The molecule has 5 nitrogen and oxygen atoms in total. The number of imide groups is 1. The summed E-state index contributed by atoms with van der Waals surface area (Å²) in [5, 5.41) is 3.71. The Labute approximate surface area is 192 Å². The zero-order valence-corrected chi connectivity index (χ0v) is 18.8. The Kier molecular flexibility index (Phi) is 6.01. The molecule has 1 aliphatic heterocycles. The van der Waals surface area contributed by atoms with E-state index < -0.39 is 11.8 Å². The van der Waals surface area contributed by atoms with Crippen LogP contribution in [0.25, 0.3) is 5.57 Å². The molecule has 0 aliphatic carbocycles. The van der Waals surface area contributed by atoms with Crippen molar-refractivity contribution in [3.8, 4) is 5.75 Å². The third-order valence-electron chi connectivity index (χ3n) is 5.39. The normalized spacial score (nSPS) is 13.8. The summed E-state index contributed by atoms with van der Waals surface area (Å²) in [5.41, 5.74) is 3.54. The summed E-state index contributed by atoms with van der Waals surface area (Å²) in [4.78, 5) is 28.0. The van der Waals surface area contributed by atoms with Crippen LogP contribution in [0.15, 0.2) is 78.5 Å². The molecular formula is C26H23ClN2O3. The van der Waals surface area contributed by atoms with E-state index in [1.54, 1.807) is 55.6 Å². The van der Waals surface area contributed by atoms with Crippen LogP contribution in [-0.2, 0) is 9.59 Å². The maximum Gasteiger partial charge on any atom is 0.282 e. The van der Waals surface area contributed by atoms with E-state index in [4.69, 9.17) is 16.3 Å². The molecule has 0 radical (unpaired) electrons. The van der Waals surface area contributed by atoms with E-state index in [2.05, 4.69) is 19.2 Å². The highest BCUT2D eigenvalue weighted by Gasteiger charge is 2.40. The fourth-order valence-corrected chi connectivity index (χ4v) is 3.72. The van der Waals surface area contributed by atoms with Crippen LogP contribution in [0.4, 0.5) is 11.4 Å². The predicted molar refractivity (Wildman–Crippen MR) is 128 cm³/mol. The number of carbonyl (C=O) groups is 2. The zero-order chi connectivity index (χ0) is 22.8. The second kappa shape index (κ2) is 8.89. The highest BCUT2D eigenvalue weighted by Crippen LogP contribution is 2.35. The minimum absolute atomic E-state index is 0.229. The molecule has 6 heteroatoms. The van der Waals surface area contributed by atoms with E-state index in [0.717, 1.165) is 5.69 Å². The molecule has 0 aromatic heterocycles. The van der Waals surface area contributed by atoms with Gasteiger partial charge in [0.15, 0.2) is 0 Å². The molecule has 1 heterocycles. The van der Waals surface area contributed by atoms with E-state index in [0.29, 0.717) is 33.5 Å². The summed E-state index contributed by atoms with van der Waals surface area (Å²) >= 11 is 5.99. The smallest absolute Gasteiger partial charge is 0.282 e. The van der Waals surface area contributed by atoms with Gasteiger partial charge in [0.1, 0.15) is 11.4 Å². The lowest BCUT2D eigenvalue weighted by atomic mass is 10.0. The molecule has 0 unspecified atom stereocenters. The minimum Gasteiger partial charge on any atom is -0.497 e. The number of benzene rings is 3. The number of anilines is 2. The number of hydrogen-bond donors (Lipinski definition) is 1. The minimum atomic E-state index is -0.420. The zero-order valence-electron chi connectivity index (χ0n) is 18.1. The SMILES string of the molecule is COc1ccc(C2=C(Nc3ccc(C(C)C)cc3)C(=O)N(c3ccc(Cl)cc3)C2=O)cc1. The van der Waals surface area contributed by atoms with Gasteiger partial charge >= 0.3 is 0 Å². The second-order valence-corrected chi connectivity index (χ2v) is 8.24. The summed E-state index contributed by atoms with van der Waals surface area (Å²) in [5.74, 6) is 0.243. The second-order valence-electron chi connectivity index (χ2n) is 7.80. The van der Waals surface area contributed by atoms with Gasteiger partial charge in [-0.25, -0.2) is 4.90 Å². The summed E-state index contributed by atoms with van der Waals surface area (Å²) in [6, 6.07) is 21.5. The van der Waals surface area contributed by atoms with Crippen LogP contribution >= 0.6 is 11.6 Å². The summed E-state index contributed by atoms with van der Waals surface area (Å²) in [6.45, 7) is 4.24. The van der Waals surface area contributed by atoms with Crippen LogP contribution < -0.4 is 15.0 Å². The molecule has 2 amide bonds. The van der Waals surface area contributed by atoms with Crippen LogP contribution in [0, 0.1) is 0 Å². The monoisotopic (exact) mass is 446 g/mol. The van der Waals surface area contributed by atoms with Crippen LogP contribution in [0.3, 0.4) is 0 Å². The van der Waals surface area contributed by atoms with E-state index >= 15 is 0 Å². The van der Waals surface area contributed by atoms with Crippen LogP contribution in [0.2, 0.25) is 5.02 Å². The van der Waals surface area contributed by atoms with Gasteiger partial charge in [-0.05, 0) is 65.6 Å². The molecule has 0 bridgehead atoms. The van der Waals surface area contributed by atoms with Gasteiger partial charge in [0.05, 0.1) is 18.4 Å². The Morgan fingerprint density at radius 2 is 1.47 bits per heavy atom. The molecule has 32 heavy (non-hydrogen) atoms. The lowest BCUT2D eigenvalue weighted by Gasteiger charge is -2.15. The van der Waals surface area contributed by atoms with Crippen molar-refractivity contribution in [1.29, 1.82) is 0 Å². The van der Waals surface area contributed by atoms with Crippen molar-refractivity contribution in [3.05, 3.63) is 94.6 Å². The number of methoxy groups -OCH3 is 1. The average molecular weight is 447 g/mol. The number of carbonyl (C=O) groups excluding carboxylic acids is 2. The fourth-order valence-electron chi connectivity index (χ4n) is 3.59. The Morgan fingerprint density at radius 1 is 0.844 bits per heavy atom. The molecule has 1 aliphatic rings. The lowest BCUT2D eigenvalue weighted by molar-refractivity contribution is -0.120. The highest BCUT2D eigenvalue weighted by atomic mass is 35.5. The first-order valence-corrected chi connectivity index (χ1v) is 10.7. The van der Waals surface area contributed by atoms with E-state index in [9.17, 15) is 9.59 Å². The molecule has 0 spiro atoms. The molecule has 0 saturated carbocycles. The molecular weight excluding hydrogens is 424 g/mol. The molecule has 0 atom stereocenters. The van der Waals surface area contributed by atoms with Gasteiger partial charge in [-0.2, -0.15) is 0 Å². The molecule has 1 N–H and O–H groups in total. The number of nitrogens with zero attached hydrogens (tertiary/aromatic N) is 1. The topological polar surface area (TPSA) is 58.6 Å². The molecule has 162 valence electrons. The molecule has 0 fully saturated rings. The third kappa shape index (κ3) is 4.12. The van der Waals surface area contributed by atoms with Crippen molar-refractivity contribution in [2.75, 3.05) is 17.3 Å². The quantitative estimate of drug-likeness (QED) is 0.481. The molecule has 3 aromatic carbocycles. The average Bonchev–Trinajstić information content (AvgIpc) is 3.04. The van der Waals surface area contributed by atoms with Gasteiger partial charge in [-0.1, -0.05) is 49.7 Å². The summed E-state index contributed by atoms with van der Waals surface area (Å²) in [7, 11) is 1.58. The van der Waals surface area contributed by atoms with Crippen molar-refractivity contribution < 1.29 is 14.3 Å². The molecule has 3 aromatic rings. The number of rotatable bonds is 6. The third-order valence-corrected chi connectivity index (χ3v) is 5.65. The van der Waals surface area contributed by atoms with E-state index in [1.165, 1.54) is 10.5 Å². The maximum atomic E-state index is 13.4. The first-order valence-electron chi connectivity index (χ1n) is 10.3. The van der Waals surface area contributed by atoms with Gasteiger partial charge in [-0.3, -0.25) is 9.59 Å². The van der Waals surface area contributed by atoms with Crippen molar-refractivity contribution in [3.63, 3.8) is 0 Å². The number of amides is 2. The Balaban J connectivity index is 1.77. The number of hydrogen-bond acceptors (Lipinski definition) is 4. The van der Waals surface area contributed by atoms with Crippen LogP contribution in [0.5, 0.6) is 5.75 Å². The molecule has 0 saturated heterocycles.